The zero-order chi connectivity index (χ0) is 16.7. The number of carbonyl (C=O) groups is 2. The normalized spacial score (nSPS) is 10.7. The summed E-state index contributed by atoms with van der Waals surface area (Å²) in [6.07, 6.45) is 2.53. The molecular formula is C15H26O6. The van der Waals surface area contributed by atoms with Crippen molar-refractivity contribution in [3.8, 4) is 0 Å². The molecule has 0 radical (unpaired) electrons. The molecule has 0 heterocycles. The molecule has 0 fully saturated rings. The Bertz CT molecular complexity index is 324. The Hall–Kier alpha value is -1.66. The van der Waals surface area contributed by atoms with Gasteiger partial charge in [0.1, 0.15) is 6.61 Å². The third kappa shape index (κ3) is 16.3. The van der Waals surface area contributed by atoms with Crippen molar-refractivity contribution in [1.29, 1.82) is 0 Å². The maximum atomic E-state index is 10.7. The lowest BCUT2D eigenvalue weighted by molar-refractivity contribution is -0.142. The number of aliphatic hydroxyl groups excluding tert-OH is 2. The first-order chi connectivity index (χ1) is 9.88. The van der Waals surface area contributed by atoms with Crippen molar-refractivity contribution in [2.75, 3.05) is 19.8 Å². The lowest BCUT2D eigenvalue weighted by atomic mass is 10.3. The average Bonchev–Trinajstić information content (AvgIpc) is 2.48. The number of unbranched alkanes of at least 4 members (excludes halogenated alkanes) is 1. The van der Waals surface area contributed by atoms with Crippen molar-refractivity contribution in [2.45, 2.75) is 39.2 Å². The Labute approximate surface area is 126 Å². The van der Waals surface area contributed by atoms with Crippen LogP contribution in [0.15, 0.2) is 24.8 Å². The van der Waals surface area contributed by atoms with E-state index in [0.29, 0.717) is 31.4 Å². The third-order valence-corrected chi connectivity index (χ3v) is 2.19. The van der Waals surface area contributed by atoms with E-state index in [1.165, 1.54) is 0 Å². The van der Waals surface area contributed by atoms with Crippen LogP contribution >= 0.6 is 0 Å². The van der Waals surface area contributed by atoms with Crippen molar-refractivity contribution in [1.82, 2.24) is 0 Å². The minimum atomic E-state index is -0.557. The fourth-order valence-corrected chi connectivity index (χ4v) is 0.858. The van der Waals surface area contributed by atoms with E-state index in [4.69, 9.17) is 10.2 Å². The molecule has 122 valence electrons. The van der Waals surface area contributed by atoms with E-state index in [0.717, 1.165) is 6.08 Å². The van der Waals surface area contributed by atoms with Gasteiger partial charge in [0.05, 0.1) is 12.7 Å². The summed E-state index contributed by atoms with van der Waals surface area (Å²) in [7, 11) is 0. The molecular weight excluding hydrogens is 276 g/mol. The topological polar surface area (TPSA) is 93.1 Å². The molecule has 0 amide bonds. The first-order valence-electron chi connectivity index (χ1n) is 6.79. The Balaban J connectivity index is 0. The molecule has 0 aromatic rings. The Morgan fingerprint density at radius 1 is 1.29 bits per heavy atom. The van der Waals surface area contributed by atoms with E-state index in [2.05, 4.69) is 22.6 Å². The first kappa shape index (κ1) is 21.6. The predicted molar refractivity (Wildman–Crippen MR) is 79.5 cm³/mol. The molecule has 0 rings (SSSR count). The summed E-state index contributed by atoms with van der Waals surface area (Å²) in [6, 6.07) is 0. The molecule has 0 aromatic carbocycles. The zero-order valence-electron chi connectivity index (χ0n) is 12.8. The molecule has 0 saturated heterocycles. The highest BCUT2D eigenvalue weighted by Crippen LogP contribution is 1.96. The summed E-state index contributed by atoms with van der Waals surface area (Å²) in [5.41, 5.74) is 0.355. The molecule has 6 nitrogen and oxygen atoms in total. The van der Waals surface area contributed by atoms with Crippen LogP contribution in [0.1, 0.15) is 33.1 Å². The molecule has 0 aliphatic rings. The van der Waals surface area contributed by atoms with Gasteiger partial charge in [-0.05, 0) is 26.2 Å². The Morgan fingerprint density at radius 2 is 1.90 bits per heavy atom. The van der Waals surface area contributed by atoms with Crippen LogP contribution in [0, 0.1) is 0 Å². The molecule has 1 atom stereocenters. The van der Waals surface area contributed by atoms with Gasteiger partial charge in [-0.25, -0.2) is 9.59 Å². The van der Waals surface area contributed by atoms with Gasteiger partial charge in [0, 0.05) is 18.3 Å². The maximum absolute atomic E-state index is 10.7. The van der Waals surface area contributed by atoms with Gasteiger partial charge in [-0.3, -0.25) is 0 Å². The lowest BCUT2D eigenvalue weighted by Crippen LogP contribution is -2.17. The van der Waals surface area contributed by atoms with Gasteiger partial charge >= 0.3 is 11.9 Å². The Kier molecular flexibility index (Phi) is 15.2. The minimum absolute atomic E-state index is 0.0577. The number of hydrogen-bond donors (Lipinski definition) is 2. The number of esters is 2. The molecule has 0 aliphatic heterocycles. The number of ether oxygens (including phenoxy) is 2. The SMILES string of the molecule is C=C(C)C(=O)OCC(O)CC.C=CC(=O)OCCCCO. The van der Waals surface area contributed by atoms with Crippen molar-refractivity contribution >= 4 is 11.9 Å². The molecule has 0 aromatic heterocycles. The van der Waals surface area contributed by atoms with Crippen LogP contribution in [-0.2, 0) is 19.1 Å². The largest absolute Gasteiger partial charge is 0.463 e. The fourth-order valence-electron chi connectivity index (χ4n) is 0.858. The summed E-state index contributed by atoms with van der Waals surface area (Å²) in [5.74, 6) is -0.851. The van der Waals surface area contributed by atoms with E-state index in [9.17, 15) is 9.59 Å². The van der Waals surface area contributed by atoms with Crippen molar-refractivity contribution in [3.63, 3.8) is 0 Å². The van der Waals surface area contributed by atoms with Crippen LogP contribution in [0.3, 0.4) is 0 Å². The van der Waals surface area contributed by atoms with E-state index in [1.54, 1.807) is 6.92 Å². The quantitative estimate of drug-likeness (QED) is 0.379. The molecule has 0 bridgehead atoms. The third-order valence-electron chi connectivity index (χ3n) is 2.19. The summed E-state index contributed by atoms with van der Waals surface area (Å²) >= 11 is 0. The van der Waals surface area contributed by atoms with E-state index in [-0.39, 0.29) is 13.2 Å². The van der Waals surface area contributed by atoms with E-state index < -0.39 is 18.0 Å². The second-order valence-electron chi connectivity index (χ2n) is 4.24. The monoisotopic (exact) mass is 302 g/mol. The first-order valence-corrected chi connectivity index (χ1v) is 6.79. The Morgan fingerprint density at radius 3 is 2.33 bits per heavy atom. The van der Waals surface area contributed by atoms with Crippen LogP contribution in [0.2, 0.25) is 0 Å². The second-order valence-corrected chi connectivity index (χ2v) is 4.24. The van der Waals surface area contributed by atoms with Gasteiger partial charge in [-0.2, -0.15) is 0 Å². The molecule has 1 unspecified atom stereocenters. The maximum Gasteiger partial charge on any atom is 0.333 e. The van der Waals surface area contributed by atoms with Crippen molar-refractivity contribution in [3.05, 3.63) is 24.8 Å². The zero-order valence-corrected chi connectivity index (χ0v) is 12.8. The van der Waals surface area contributed by atoms with Crippen LogP contribution in [0.25, 0.3) is 0 Å². The lowest BCUT2D eigenvalue weighted by Gasteiger charge is -2.07. The highest BCUT2D eigenvalue weighted by atomic mass is 16.5. The summed E-state index contributed by atoms with van der Waals surface area (Å²) in [4.78, 5) is 21.1. The van der Waals surface area contributed by atoms with E-state index in [1.807, 2.05) is 6.92 Å². The van der Waals surface area contributed by atoms with Crippen LogP contribution < -0.4 is 0 Å². The van der Waals surface area contributed by atoms with Crippen LogP contribution in [-0.4, -0.2) is 48.1 Å². The minimum Gasteiger partial charge on any atom is -0.463 e. The van der Waals surface area contributed by atoms with Crippen LogP contribution in [0.4, 0.5) is 0 Å². The summed E-state index contributed by atoms with van der Waals surface area (Å²) < 4.78 is 9.29. The number of hydrogen-bond acceptors (Lipinski definition) is 6. The standard InChI is InChI=1S/C8H14O3.C7H12O3/c1-4-7(9)5-11-8(10)6(2)3;1-2-7(9)10-6-4-3-5-8/h7,9H,2,4-5H2,1,3H3;2,8H,1,3-6H2. The van der Waals surface area contributed by atoms with Gasteiger partial charge in [0.15, 0.2) is 0 Å². The molecule has 0 aliphatic carbocycles. The fraction of sp³-hybridized carbons (Fsp3) is 0.600. The van der Waals surface area contributed by atoms with Crippen molar-refractivity contribution < 1.29 is 29.3 Å². The molecule has 6 heteroatoms. The highest BCUT2D eigenvalue weighted by molar-refractivity contribution is 5.86. The molecule has 2 N–H and O–H groups in total. The van der Waals surface area contributed by atoms with Gasteiger partial charge in [0.2, 0.25) is 0 Å². The number of carbonyl (C=O) groups excluding carboxylic acids is 2. The smallest absolute Gasteiger partial charge is 0.333 e. The summed E-state index contributed by atoms with van der Waals surface area (Å²) in [6.45, 7) is 10.6. The van der Waals surface area contributed by atoms with Crippen LogP contribution in [0.5, 0.6) is 0 Å². The number of rotatable bonds is 9. The van der Waals surface area contributed by atoms with Gasteiger partial charge in [0.25, 0.3) is 0 Å². The molecule has 21 heavy (non-hydrogen) atoms. The van der Waals surface area contributed by atoms with Gasteiger partial charge in [-0.15, -0.1) is 0 Å². The predicted octanol–water partition coefficient (Wildman–Crippen LogP) is 1.36. The number of aliphatic hydroxyl groups is 2. The van der Waals surface area contributed by atoms with Gasteiger partial charge < -0.3 is 19.7 Å². The molecule has 0 saturated carbocycles. The second kappa shape index (κ2) is 14.7. The highest BCUT2D eigenvalue weighted by Gasteiger charge is 2.06. The van der Waals surface area contributed by atoms with E-state index >= 15 is 0 Å². The summed E-state index contributed by atoms with van der Waals surface area (Å²) in [5, 5.41) is 17.3. The van der Waals surface area contributed by atoms with Crippen molar-refractivity contribution in [2.24, 2.45) is 0 Å². The molecule has 0 spiro atoms. The average molecular weight is 302 g/mol. The van der Waals surface area contributed by atoms with Gasteiger partial charge in [-0.1, -0.05) is 20.1 Å².